The van der Waals surface area contributed by atoms with E-state index in [0.717, 1.165) is 19.3 Å². The predicted molar refractivity (Wildman–Crippen MR) is 90.3 cm³/mol. The number of carbonyl (C=O) groups is 1. The number of nitrogens with one attached hydrogen (secondary N) is 1. The first-order valence-corrected chi connectivity index (χ1v) is 9.37. The van der Waals surface area contributed by atoms with E-state index in [1.807, 2.05) is 13.8 Å². The average Bonchev–Trinajstić information content (AvgIpc) is 2.78. The molecule has 0 aliphatic carbocycles. The van der Waals surface area contributed by atoms with Crippen LogP contribution in [0.25, 0.3) is 0 Å². The van der Waals surface area contributed by atoms with Gasteiger partial charge in [0.1, 0.15) is 10.7 Å². The van der Waals surface area contributed by atoms with Crippen molar-refractivity contribution in [2.75, 3.05) is 18.4 Å². The topological polar surface area (TPSA) is 126 Å². The highest BCUT2D eigenvalue weighted by molar-refractivity contribution is 7.89. The van der Waals surface area contributed by atoms with Gasteiger partial charge in [-0.05, 0) is 51.2 Å². The van der Waals surface area contributed by atoms with E-state index >= 15 is 0 Å². The van der Waals surface area contributed by atoms with Crippen molar-refractivity contribution in [3.63, 3.8) is 0 Å². The Morgan fingerprint density at radius 2 is 2.21 bits per heavy atom. The summed E-state index contributed by atoms with van der Waals surface area (Å²) in [5, 5.41) is 17.4. The van der Waals surface area contributed by atoms with Crippen molar-refractivity contribution >= 4 is 21.9 Å². The fourth-order valence-corrected chi connectivity index (χ4v) is 3.63. The molecule has 1 saturated heterocycles. The molecule has 1 fully saturated rings. The van der Waals surface area contributed by atoms with Crippen molar-refractivity contribution in [2.45, 2.75) is 43.5 Å². The van der Waals surface area contributed by atoms with Crippen LogP contribution in [-0.2, 0) is 10.0 Å². The number of likely N-dealkylation sites (tertiary alicyclic amines) is 1. The first-order chi connectivity index (χ1) is 11.1. The summed E-state index contributed by atoms with van der Waals surface area (Å²) in [4.78, 5) is 16.7. The van der Waals surface area contributed by atoms with E-state index in [2.05, 4.69) is 10.3 Å². The molecule has 0 bridgehead atoms. The molecule has 8 nitrogen and oxygen atoms in total. The normalized spacial score (nSPS) is 20.1. The monoisotopic (exact) mass is 356 g/mol. The predicted octanol–water partition coefficient (Wildman–Crippen LogP) is 1.70. The van der Waals surface area contributed by atoms with Gasteiger partial charge >= 0.3 is 6.09 Å². The molecule has 2 rings (SSSR count). The largest absolute Gasteiger partial charge is 0.465 e. The number of sulfonamides is 1. The summed E-state index contributed by atoms with van der Waals surface area (Å²) in [6.07, 6.45) is 3.03. The Labute approximate surface area is 142 Å². The number of aromatic nitrogens is 1. The fourth-order valence-electron chi connectivity index (χ4n) is 3.18. The molecule has 0 aromatic carbocycles. The molecule has 1 amide bonds. The molecule has 1 aromatic heterocycles. The van der Waals surface area contributed by atoms with Crippen LogP contribution >= 0.6 is 0 Å². The number of rotatable bonds is 6. The second-order valence-electron chi connectivity index (χ2n) is 6.77. The van der Waals surface area contributed by atoms with Crippen LogP contribution in [0.4, 0.5) is 10.6 Å². The van der Waals surface area contributed by atoms with Crippen molar-refractivity contribution in [3.8, 4) is 0 Å². The van der Waals surface area contributed by atoms with E-state index in [-0.39, 0.29) is 10.4 Å². The Balaban J connectivity index is 1.77. The quantitative estimate of drug-likeness (QED) is 0.666. The molecule has 24 heavy (non-hydrogen) atoms. The molecule has 1 aromatic rings. The lowest BCUT2D eigenvalue weighted by molar-refractivity contribution is 0.117. The third-order valence-electron chi connectivity index (χ3n) is 4.35. The van der Waals surface area contributed by atoms with Crippen LogP contribution in [0.15, 0.2) is 23.2 Å². The van der Waals surface area contributed by atoms with Crippen LogP contribution in [0.5, 0.6) is 0 Å². The number of hydrogen-bond donors (Lipinski definition) is 3. The van der Waals surface area contributed by atoms with Gasteiger partial charge in [0.2, 0.25) is 10.0 Å². The minimum atomic E-state index is -3.72. The van der Waals surface area contributed by atoms with Crippen molar-refractivity contribution in [1.29, 1.82) is 0 Å². The summed E-state index contributed by atoms with van der Waals surface area (Å²) in [5.74, 6) is 0.942. The number of amides is 1. The molecule has 1 atom stereocenters. The average molecular weight is 356 g/mol. The van der Waals surface area contributed by atoms with Crippen LogP contribution in [0.1, 0.15) is 33.1 Å². The zero-order chi connectivity index (χ0) is 18.0. The number of carboxylic acid groups (broad SMARTS) is 1. The van der Waals surface area contributed by atoms with Crippen LogP contribution in [0.2, 0.25) is 0 Å². The fraction of sp³-hybridized carbons (Fsp3) is 0.600. The highest BCUT2D eigenvalue weighted by Gasteiger charge is 2.40. The van der Waals surface area contributed by atoms with Gasteiger partial charge in [0.05, 0.1) is 0 Å². The lowest BCUT2D eigenvalue weighted by atomic mass is 9.93. The van der Waals surface area contributed by atoms with Gasteiger partial charge in [0.25, 0.3) is 0 Å². The number of nitrogens with zero attached hydrogens (tertiary/aromatic N) is 2. The maximum absolute atomic E-state index is 11.2. The Morgan fingerprint density at radius 3 is 2.71 bits per heavy atom. The summed E-state index contributed by atoms with van der Waals surface area (Å²) in [6.45, 7) is 5.17. The molecular formula is C15H24N4O4S. The van der Waals surface area contributed by atoms with Gasteiger partial charge in [0, 0.05) is 24.8 Å². The standard InChI is InChI=1S/C15H24N4O4S/c1-15(2)8-11(10-19(15)14(20)21)4-3-7-17-13-6-5-12(9-18-13)24(16,22)23/h5-6,9,11H,3-4,7-8,10H2,1-2H3,(H,17,18)(H,20,21)(H2,16,22,23). The van der Waals surface area contributed by atoms with E-state index in [9.17, 15) is 18.3 Å². The first-order valence-electron chi connectivity index (χ1n) is 7.83. The number of pyridine rings is 1. The summed E-state index contributed by atoms with van der Waals surface area (Å²) in [7, 11) is -3.72. The SMILES string of the molecule is CC1(C)CC(CCCNc2ccc(S(N)(=O)=O)cn2)CN1C(=O)O. The maximum Gasteiger partial charge on any atom is 0.407 e. The number of hydrogen-bond acceptors (Lipinski definition) is 5. The van der Waals surface area contributed by atoms with Crippen LogP contribution in [-0.4, -0.2) is 48.1 Å². The van der Waals surface area contributed by atoms with Crippen LogP contribution in [0.3, 0.4) is 0 Å². The minimum Gasteiger partial charge on any atom is -0.465 e. The number of nitrogens with two attached hydrogens (primary N) is 1. The van der Waals surface area contributed by atoms with Crippen molar-refractivity contribution < 1.29 is 18.3 Å². The lowest BCUT2D eigenvalue weighted by Gasteiger charge is -2.28. The molecule has 1 unspecified atom stereocenters. The summed E-state index contributed by atoms with van der Waals surface area (Å²) >= 11 is 0. The van der Waals surface area contributed by atoms with Crippen molar-refractivity contribution in [1.82, 2.24) is 9.88 Å². The number of anilines is 1. The zero-order valence-corrected chi connectivity index (χ0v) is 14.7. The molecule has 9 heteroatoms. The highest BCUT2D eigenvalue weighted by atomic mass is 32.2. The van der Waals surface area contributed by atoms with Crippen molar-refractivity contribution in [3.05, 3.63) is 18.3 Å². The van der Waals surface area contributed by atoms with Gasteiger partial charge in [0.15, 0.2) is 0 Å². The second-order valence-corrected chi connectivity index (χ2v) is 8.33. The third kappa shape index (κ3) is 4.57. The Bertz CT molecular complexity index is 688. The van der Waals surface area contributed by atoms with Gasteiger partial charge in [-0.2, -0.15) is 0 Å². The molecule has 0 saturated carbocycles. The van der Waals surface area contributed by atoms with Crippen molar-refractivity contribution in [2.24, 2.45) is 11.1 Å². The molecule has 2 heterocycles. The van der Waals surface area contributed by atoms with Gasteiger partial charge in [-0.1, -0.05) is 0 Å². The van der Waals surface area contributed by atoms with Gasteiger partial charge in [-0.25, -0.2) is 23.3 Å². The molecule has 1 aliphatic heterocycles. The molecule has 0 radical (unpaired) electrons. The van der Waals surface area contributed by atoms with E-state index < -0.39 is 16.1 Å². The maximum atomic E-state index is 11.2. The molecule has 134 valence electrons. The first kappa shape index (κ1) is 18.5. The summed E-state index contributed by atoms with van der Waals surface area (Å²) in [6, 6.07) is 2.99. The number of primary sulfonamides is 1. The van der Waals surface area contributed by atoms with Crippen LogP contribution in [0, 0.1) is 5.92 Å². The van der Waals surface area contributed by atoms with E-state index in [1.54, 1.807) is 6.07 Å². The second kappa shape index (κ2) is 6.94. The van der Waals surface area contributed by atoms with Gasteiger partial charge < -0.3 is 15.3 Å². The van der Waals surface area contributed by atoms with E-state index in [0.29, 0.717) is 24.8 Å². The Morgan fingerprint density at radius 1 is 1.50 bits per heavy atom. The summed E-state index contributed by atoms with van der Waals surface area (Å²) < 4.78 is 22.3. The minimum absolute atomic E-state index is 0.0185. The molecular weight excluding hydrogens is 332 g/mol. The highest BCUT2D eigenvalue weighted by Crippen LogP contribution is 2.34. The molecule has 1 aliphatic rings. The smallest absolute Gasteiger partial charge is 0.407 e. The van der Waals surface area contributed by atoms with Gasteiger partial charge in [-0.3, -0.25) is 0 Å². The van der Waals surface area contributed by atoms with Gasteiger partial charge in [-0.15, -0.1) is 0 Å². The Hall–Kier alpha value is -1.87. The van der Waals surface area contributed by atoms with E-state index in [4.69, 9.17) is 5.14 Å². The lowest BCUT2D eigenvalue weighted by Crippen LogP contribution is -2.41. The van der Waals surface area contributed by atoms with Crippen LogP contribution < -0.4 is 10.5 Å². The van der Waals surface area contributed by atoms with E-state index in [1.165, 1.54) is 17.2 Å². The summed E-state index contributed by atoms with van der Waals surface area (Å²) in [5.41, 5.74) is -0.310. The molecule has 4 N–H and O–H groups in total. The Kier molecular flexibility index (Phi) is 5.34. The third-order valence-corrected chi connectivity index (χ3v) is 5.25. The molecule has 0 spiro atoms. The zero-order valence-electron chi connectivity index (χ0n) is 13.9.